The van der Waals surface area contributed by atoms with Crippen LogP contribution in [0.5, 0.6) is 0 Å². The summed E-state index contributed by atoms with van der Waals surface area (Å²) in [6, 6.07) is 5.23. The van der Waals surface area contributed by atoms with E-state index in [1.807, 2.05) is 6.92 Å². The molecule has 0 aliphatic rings. The molecule has 1 heterocycles. The summed E-state index contributed by atoms with van der Waals surface area (Å²) < 4.78 is 0. The van der Waals surface area contributed by atoms with Gasteiger partial charge >= 0.3 is 0 Å². The van der Waals surface area contributed by atoms with E-state index in [2.05, 4.69) is 4.98 Å². The lowest BCUT2D eigenvalue weighted by molar-refractivity contribution is 0.169. The monoisotopic (exact) mass is 171 g/mol. The molecule has 0 saturated heterocycles. The highest BCUT2D eigenvalue weighted by Gasteiger charge is 2.05. The van der Waals surface area contributed by atoms with Crippen molar-refractivity contribution >= 4 is 11.6 Å². The third-order valence-corrected chi connectivity index (χ3v) is 1.68. The van der Waals surface area contributed by atoms with E-state index in [1.165, 1.54) is 0 Å². The molecule has 1 aromatic heterocycles. The SMILES string of the molecule is CC[C@H](O)c1cccc(Cl)n1. The van der Waals surface area contributed by atoms with E-state index >= 15 is 0 Å². The molecule has 11 heavy (non-hydrogen) atoms. The zero-order valence-corrected chi connectivity index (χ0v) is 7.04. The van der Waals surface area contributed by atoms with Crippen LogP contribution in [-0.4, -0.2) is 10.1 Å². The Morgan fingerprint density at radius 1 is 1.64 bits per heavy atom. The minimum Gasteiger partial charge on any atom is -0.387 e. The Kier molecular flexibility index (Phi) is 2.85. The van der Waals surface area contributed by atoms with Gasteiger partial charge in [0.2, 0.25) is 0 Å². The molecule has 0 bridgehead atoms. The molecule has 3 heteroatoms. The third-order valence-electron chi connectivity index (χ3n) is 1.46. The number of pyridine rings is 1. The number of nitrogens with zero attached hydrogens (tertiary/aromatic N) is 1. The van der Waals surface area contributed by atoms with Gasteiger partial charge in [0.05, 0.1) is 11.8 Å². The van der Waals surface area contributed by atoms with Gasteiger partial charge in [-0.2, -0.15) is 0 Å². The highest BCUT2D eigenvalue weighted by Crippen LogP contribution is 2.15. The molecule has 0 spiro atoms. The number of halogens is 1. The average molecular weight is 172 g/mol. The zero-order valence-electron chi connectivity index (χ0n) is 6.29. The number of aromatic nitrogens is 1. The van der Waals surface area contributed by atoms with Crippen LogP contribution in [0.4, 0.5) is 0 Å². The van der Waals surface area contributed by atoms with Gasteiger partial charge in [-0.15, -0.1) is 0 Å². The van der Waals surface area contributed by atoms with Gasteiger partial charge in [-0.3, -0.25) is 0 Å². The summed E-state index contributed by atoms with van der Waals surface area (Å²) in [6.45, 7) is 1.90. The first-order valence-electron chi connectivity index (χ1n) is 3.54. The molecule has 0 amide bonds. The van der Waals surface area contributed by atoms with E-state index in [4.69, 9.17) is 11.6 Å². The van der Waals surface area contributed by atoms with Crippen LogP contribution in [0.1, 0.15) is 25.1 Å². The van der Waals surface area contributed by atoms with Crippen molar-refractivity contribution in [2.45, 2.75) is 19.4 Å². The summed E-state index contributed by atoms with van der Waals surface area (Å²) in [5.41, 5.74) is 0.639. The molecule has 60 valence electrons. The predicted molar refractivity (Wildman–Crippen MR) is 44.5 cm³/mol. The molecular weight excluding hydrogens is 162 g/mol. The van der Waals surface area contributed by atoms with Crippen molar-refractivity contribution in [3.63, 3.8) is 0 Å². The second-order valence-electron chi connectivity index (χ2n) is 2.31. The first kappa shape index (κ1) is 8.50. The van der Waals surface area contributed by atoms with Gasteiger partial charge < -0.3 is 5.11 Å². The Hall–Kier alpha value is -0.600. The van der Waals surface area contributed by atoms with Crippen molar-refractivity contribution in [2.75, 3.05) is 0 Å². The predicted octanol–water partition coefficient (Wildman–Crippen LogP) is 2.18. The summed E-state index contributed by atoms with van der Waals surface area (Å²) >= 11 is 5.62. The quantitative estimate of drug-likeness (QED) is 0.692. The second kappa shape index (κ2) is 3.69. The lowest BCUT2D eigenvalue weighted by Gasteiger charge is -2.05. The zero-order chi connectivity index (χ0) is 8.27. The van der Waals surface area contributed by atoms with Crippen LogP contribution in [0.3, 0.4) is 0 Å². The number of hydrogen-bond donors (Lipinski definition) is 1. The maximum Gasteiger partial charge on any atom is 0.129 e. The number of aliphatic hydroxyl groups is 1. The van der Waals surface area contributed by atoms with Crippen LogP contribution in [0.2, 0.25) is 5.15 Å². The molecule has 1 rings (SSSR count). The van der Waals surface area contributed by atoms with Gasteiger partial charge in [-0.25, -0.2) is 4.98 Å². The van der Waals surface area contributed by atoms with Crippen LogP contribution >= 0.6 is 11.6 Å². The molecule has 0 unspecified atom stereocenters. The van der Waals surface area contributed by atoms with Crippen LogP contribution < -0.4 is 0 Å². The molecule has 2 nitrogen and oxygen atoms in total. The third kappa shape index (κ3) is 2.17. The molecule has 1 aromatic rings. The van der Waals surface area contributed by atoms with Gasteiger partial charge in [0, 0.05) is 0 Å². The van der Waals surface area contributed by atoms with Gasteiger partial charge in [-0.1, -0.05) is 24.6 Å². The van der Waals surface area contributed by atoms with E-state index in [0.29, 0.717) is 17.3 Å². The van der Waals surface area contributed by atoms with E-state index in [0.717, 1.165) is 0 Å². The maximum absolute atomic E-state index is 9.33. The molecule has 0 aromatic carbocycles. The van der Waals surface area contributed by atoms with E-state index in [9.17, 15) is 5.11 Å². The number of rotatable bonds is 2. The average Bonchev–Trinajstić information content (AvgIpc) is 2.03. The van der Waals surface area contributed by atoms with Gasteiger partial charge in [0.25, 0.3) is 0 Å². The highest BCUT2D eigenvalue weighted by atomic mass is 35.5. The summed E-state index contributed by atoms with van der Waals surface area (Å²) in [6.07, 6.45) is 0.168. The van der Waals surface area contributed by atoms with Crippen molar-refractivity contribution in [1.82, 2.24) is 4.98 Å². The number of hydrogen-bond acceptors (Lipinski definition) is 2. The van der Waals surface area contributed by atoms with Gasteiger partial charge in [0.15, 0.2) is 0 Å². The fourth-order valence-electron chi connectivity index (χ4n) is 0.819. The van der Waals surface area contributed by atoms with Gasteiger partial charge in [-0.05, 0) is 18.6 Å². The highest BCUT2D eigenvalue weighted by molar-refractivity contribution is 6.29. The molecule has 0 aliphatic heterocycles. The van der Waals surface area contributed by atoms with Crippen molar-refractivity contribution in [3.8, 4) is 0 Å². The van der Waals surface area contributed by atoms with Gasteiger partial charge in [0.1, 0.15) is 5.15 Å². The lowest BCUT2D eigenvalue weighted by Crippen LogP contribution is -1.97. The van der Waals surface area contributed by atoms with E-state index in [-0.39, 0.29) is 0 Å². The molecule has 0 aliphatic carbocycles. The van der Waals surface area contributed by atoms with Crippen molar-refractivity contribution < 1.29 is 5.11 Å². The summed E-state index contributed by atoms with van der Waals surface area (Å²) in [7, 11) is 0. The van der Waals surface area contributed by atoms with Crippen molar-refractivity contribution in [2.24, 2.45) is 0 Å². The molecule has 0 fully saturated rings. The van der Waals surface area contributed by atoms with Crippen LogP contribution in [0.15, 0.2) is 18.2 Å². The minimum absolute atomic E-state index is 0.426. The Bertz CT molecular complexity index is 239. The van der Waals surface area contributed by atoms with Crippen LogP contribution in [-0.2, 0) is 0 Å². The Morgan fingerprint density at radius 3 is 2.91 bits per heavy atom. The first-order valence-corrected chi connectivity index (χ1v) is 3.92. The second-order valence-corrected chi connectivity index (χ2v) is 2.70. The van der Waals surface area contributed by atoms with E-state index in [1.54, 1.807) is 18.2 Å². The molecule has 1 N–H and O–H groups in total. The largest absolute Gasteiger partial charge is 0.387 e. The fraction of sp³-hybridized carbons (Fsp3) is 0.375. The Balaban J connectivity index is 2.86. The number of aliphatic hydroxyl groups excluding tert-OH is 1. The van der Waals surface area contributed by atoms with Crippen molar-refractivity contribution in [1.29, 1.82) is 0 Å². The standard InChI is InChI=1S/C8H10ClNO/c1-2-7(11)6-4-3-5-8(9)10-6/h3-5,7,11H,2H2,1H3/t7-/m0/s1. The first-order chi connectivity index (χ1) is 5.24. The molecule has 0 radical (unpaired) electrons. The Labute approximate surface area is 70.8 Å². The lowest BCUT2D eigenvalue weighted by atomic mass is 10.2. The van der Waals surface area contributed by atoms with Crippen molar-refractivity contribution in [3.05, 3.63) is 29.0 Å². The maximum atomic E-state index is 9.33. The van der Waals surface area contributed by atoms with Crippen LogP contribution in [0.25, 0.3) is 0 Å². The minimum atomic E-state index is -0.492. The Morgan fingerprint density at radius 2 is 2.36 bits per heavy atom. The van der Waals surface area contributed by atoms with E-state index < -0.39 is 6.10 Å². The topological polar surface area (TPSA) is 33.1 Å². The molecular formula is C8H10ClNO. The molecule has 1 atom stereocenters. The summed E-state index contributed by atoms with van der Waals surface area (Å²) in [5.74, 6) is 0. The van der Waals surface area contributed by atoms with Crippen LogP contribution in [0, 0.1) is 0 Å². The molecule has 0 saturated carbocycles. The summed E-state index contributed by atoms with van der Waals surface area (Å²) in [5, 5.41) is 9.76. The fourth-order valence-corrected chi connectivity index (χ4v) is 0.989. The smallest absolute Gasteiger partial charge is 0.129 e. The summed E-state index contributed by atoms with van der Waals surface area (Å²) in [4.78, 5) is 3.96. The normalized spacial score (nSPS) is 13.0.